The summed E-state index contributed by atoms with van der Waals surface area (Å²) in [6.45, 7) is 4.33. The lowest BCUT2D eigenvalue weighted by molar-refractivity contribution is 0.581. The average Bonchev–Trinajstić information content (AvgIpc) is 2.99. The molecule has 0 aliphatic heterocycles. The summed E-state index contributed by atoms with van der Waals surface area (Å²) < 4.78 is 2.23. The van der Waals surface area contributed by atoms with Gasteiger partial charge in [0.25, 0.3) is 0 Å². The number of fused-ring (bicyclic) bond motifs is 1. The number of aromatic nitrogens is 3. The van der Waals surface area contributed by atoms with Crippen molar-refractivity contribution >= 4 is 17.0 Å². The highest BCUT2D eigenvalue weighted by atomic mass is 15.2. The molecule has 1 saturated carbocycles. The predicted octanol–water partition coefficient (Wildman–Crippen LogP) is 2.47. The monoisotopic (exact) mass is 216 g/mol. The zero-order chi connectivity index (χ0) is 11.3. The van der Waals surface area contributed by atoms with Gasteiger partial charge >= 0.3 is 0 Å². The summed E-state index contributed by atoms with van der Waals surface area (Å²) in [7, 11) is 0. The lowest BCUT2D eigenvalue weighted by Gasteiger charge is -2.11. The maximum absolute atomic E-state index is 5.74. The minimum Gasteiger partial charge on any atom is -0.384 e. The number of nitrogens with zero attached hydrogens (tertiary/aromatic N) is 3. The molecule has 0 saturated heterocycles. The van der Waals surface area contributed by atoms with Crippen LogP contribution in [-0.4, -0.2) is 14.5 Å². The summed E-state index contributed by atoms with van der Waals surface area (Å²) in [6.07, 6.45) is 2.51. The van der Waals surface area contributed by atoms with Gasteiger partial charge in [-0.15, -0.1) is 0 Å². The minimum atomic E-state index is 0.384. The van der Waals surface area contributed by atoms with E-state index < -0.39 is 0 Å². The number of rotatable bonds is 2. The van der Waals surface area contributed by atoms with Gasteiger partial charge in [-0.2, -0.15) is 0 Å². The molecule has 2 aromatic rings. The highest BCUT2D eigenvalue weighted by Crippen LogP contribution is 2.41. The third kappa shape index (κ3) is 1.37. The third-order valence-electron chi connectivity index (χ3n) is 3.04. The standard InChI is InChI=1S/C12H16N4/c1-7(2)16-11(8-3-4-8)14-9-5-6-10(13)15-12(9)16/h5-8H,3-4H2,1-2H3,(H2,13,15). The highest BCUT2D eigenvalue weighted by molar-refractivity contribution is 5.74. The molecule has 0 radical (unpaired) electrons. The van der Waals surface area contributed by atoms with Gasteiger partial charge in [0.2, 0.25) is 0 Å². The molecule has 0 spiro atoms. The molecule has 84 valence electrons. The largest absolute Gasteiger partial charge is 0.384 e. The van der Waals surface area contributed by atoms with E-state index >= 15 is 0 Å². The molecule has 2 N–H and O–H groups in total. The Hall–Kier alpha value is -1.58. The summed E-state index contributed by atoms with van der Waals surface area (Å²) in [4.78, 5) is 9.09. The topological polar surface area (TPSA) is 56.7 Å². The van der Waals surface area contributed by atoms with Gasteiger partial charge in [-0.05, 0) is 38.8 Å². The van der Waals surface area contributed by atoms with E-state index in [9.17, 15) is 0 Å². The van der Waals surface area contributed by atoms with Gasteiger partial charge in [-0.3, -0.25) is 0 Å². The van der Waals surface area contributed by atoms with Crippen molar-refractivity contribution in [3.8, 4) is 0 Å². The van der Waals surface area contributed by atoms with E-state index in [1.807, 2.05) is 12.1 Å². The summed E-state index contributed by atoms with van der Waals surface area (Å²) in [5.41, 5.74) is 7.63. The van der Waals surface area contributed by atoms with Crippen LogP contribution in [0.25, 0.3) is 11.2 Å². The molecule has 1 aliphatic carbocycles. The zero-order valence-electron chi connectivity index (χ0n) is 9.64. The first kappa shape index (κ1) is 9.63. The lowest BCUT2D eigenvalue weighted by Crippen LogP contribution is -2.06. The summed E-state index contributed by atoms with van der Waals surface area (Å²) in [6, 6.07) is 4.16. The van der Waals surface area contributed by atoms with E-state index in [1.54, 1.807) is 0 Å². The molecule has 0 amide bonds. The van der Waals surface area contributed by atoms with E-state index in [-0.39, 0.29) is 0 Å². The lowest BCUT2D eigenvalue weighted by atomic mass is 10.3. The summed E-state index contributed by atoms with van der Waals surface area (Å²) >= 11 is 0. The fraction of sp³-hybridized carbons (Fsp3) is 0.500. The Morgan fingerprint density at radius 1 is 1.31 bits per heavy atom. The maximum atomic E-state index is 5.74. The molecule has 2 aromatic heterocycles. The fourth-order valence-electron chi connectivity index (χ4n) is 2.14. The predicted molar refractivity (Wildman–Crippen MR) is 64.3 cm³/mol. The van der Waals surface area contributed by atoms with Crippen LogP contribution in [0.4, 0.5) is 5.82 Å². The average molecular weight is 216 g/mol. The normalized spacial score (nSPS) is 16.2. The number of nitrogens with two attached hydrogens (primary N) is 1. The van der Waals surface area contributed by atoms with Crippen molar-refractivity contribution in [2.24, 2.45) is 0 Å². The maximum Gasteiger partial charge on any atom is 0.162 e. The van der Waals surface area contributed by atoms with Crippen molar-refractivity contribution < 1.29 is 0 Å². The molecular formula is C12H16N4. The van der Waals surface area contributed by atoms with E-state index in [2.05, 4.69) is 28.4 Å². The van der Waals surface area contributed by atoms with E-state index in [4.69, 9.17) is 5.73 Å². The van der Waals surface area contributed by atoms with Gasteiger partial charge < -0.3 is 10.3 Å². The van der Waals surface area contributed by atoms with E-state index in [0.717, 1.165) is 11.2 Å². The second-order valence-corrected chi connectivity index (χ2v) is 4.79. The number of hydrogen-bond donors (Lipinski definition) is 1. The van der Waals surface area contributed by atoms with Crippen LogP contribution >= 0.6 is 0 Å². The second-order valence-electron chi connectivity index (χ2n) is 4.79. The van der Waals surface area contributed by atoms with Crippen molar-refractivity contribution in [3.63, 3.8) is 0 Å². The molecule has 0 unspecified atom stereocenters. The van der Waals surface area contributed by atoms with Gasteiger partial charge in [-0.25, -0.2) is 9.97 Å². The van der Waals surface area contributed by atoms with E-state index in [0.29, 0.717) is 17.8 Å². The van der Waals surface area contributed by atoms with Crippen LogP contribution in [0.2, 0.25) is 0 Å². The van der Waals surface area contributed by atoms with Crippen molar-refractivity contribution in [3.05, 3.63) is 18.0 Å². The number of hydrogen-bond acceptors (Lipinski definition) is 3. The van der Waals surface area contributed by atoms with Crippen LogP contribution in [0, 0.1) is 0 Å². The van der Waals surface area contributed by atoms with Crippen molar-refractivity contribution in [2.75, 3.05) is 5.73 Å². The molecule has 1 aliphatic rings. The zero-order valence-corrected chi connectivity index (χ0v) is 9.64. The SMILES string of the molecule is CC(C)n1c(C2CC2)nc2ccc(N)nc21. The second kappa shape index (κ2) is 3.20. The third-order valence-corrected chi connectivity index (χ3v) is 3.04. The quantitative estimate of drug-likeness (QED) is 0.839. The van der Waals surface area contributed by atoms with Crippen LogP contribution in [0.5, 0.6) is 0 Å². The van der Waals surface area contributed by atoms with Crippen molar-refractivity contribution in [2.45, 2.75) is 38.6 Å². The Morgan fingerprint density at radius 3 is 2.69 bits per heavy atom. The summed E-state index contributed by atoms with van der Waals surface area (Å²) in [5.74, 6) is 2.39. The first-order chi connectivity index (χ1) is 7.66. The smallest absolute Gasteiger partial charge is 0.162 e. The number of imidazole rings is 1. The first-order valence-electron chi connectivity index (χ1n) is 5.81. The van der Waals surface area contributed by atoms with Gasteiger partial charge in [0.05, 0.1) is 0 Å². The molecule has 0 atom stereocenters. The van der Waals surface area contributed by atoms with Crippen molar-refractivity contribution in [1.29, 1.82) is 0 Å². The molecule has 4 heteroatoms. The minimum absolute atomic E-state index is 0.384. The number of pyridine rings is 1. The molecular weight excluding hydrogens is 200 g/mol. The molecule has 2 heterocycles. The van der Waals surface area contributed by atoms with Crippen LogP contribution in [0.1, 0.15) is 44.5 Å². The highest BCUT2D eigenvalue weighted by Gasteiger charge is 2.30. The van der Waals surface area contributed by atoms with Crippen LogP contribution < -0.4 is 5.73 Å². The van der Waals surface area contributed by atoms with Crippen LogP contribution in [-0.2, 0) is 0 Å². The Morgan fingerprint density at radius 2 is 2.06 bits per heavy atom. The van der Waals surface area contributed by atoms with Gasteiger partial charge in [0, 0.05) is 12.0 Å². The first-order valence-corrected chi connectivity index (χ1v) is 5.81. The Balaban J connectivity index is 2.29. The Bertz CT molecular complexity index is 537. The van der Waals surface area contributed by atoms with Gasteiger partial charge in [0.15, 0.2) is 5.65 Å². The molecule has 4 nitrogen and oxygen atoms in total. The number of nitrogen functional groups attached to an aromatic ring is 1. The van der Waals surface area contributed by atoms with Gasteiger partial charge in [0.1, 0.15) is 17.2 Å². The Labute approximate surface area is 94.5 Å². The van der Waals surface area contributed by atoms with E-state index in [1.165, 1.54) is 18.7 Å². The Kier molecular flexibility index (Phi) is 1.93. The fourth-order valence-corrected chi connectivity index (χ4v) is 2.14. The van der Waals surface area contributed by atoms with Crippen LogP contribution in [0.15, 0.2) is 12.1 Å². The molecule has 16 heavy (non-hydrogen) atoms. The molecule has 0 bridgehead atoms. The van der Waals surface area contributed by atoms with Crippen LogP contribution in [0.3, 0.4) is 0 Å². The molecule has 3 rings (SSSR count). The molecule has 1 fully saturated rings. The summed E-state index contributed by atoms with van der Waals surface area (Å²) in [5, 5.41) is 0. The van der Waals surface area contributed by atoms with Crippen molar-refractivity contribution in [1.82, 2.24) is 14.5 Å². The number of anilines is 1. The van der Waals surface area contributed by atoms with Gasteiger partial charge in [-0.1, -0.05) is 0 Å². The molecule has 0 aromatic carbocycles.